The number of anilines is 1. The van der Waals surface area contributed by atoms with Gasteiger partial charge in [-0.2, -0.15) is 0 Å². The smallest absolute Gasteiger partial charge is 0.258 e. The number of benzene rings is 2. The summed E-state index contributed by atoms with van der Waals surface area (Å²) in [5.74, 6) is -1.02. The third-order valence-corrected chi connectivity index (χ3v) is 3.56. The Labute approximate surface area is 126 Å². The first-order valence-electron chi connectivity index (χ1n) is 5.09. The Bertz CT molecular complexity index is 603. The third-order valence-electron chi connectivity index (χ3n) is 2.28. The van der Waals surface area contributed by atoms with Crippen molar-refractivity contribution in [1.29, 1.82) is 0 Å². The van der Waals surface area contributed by atoms with Gasteiger partial charge in [0, 0.05) is 9.26 Å². The molecule has 0 saturated carbocycles. The van der Waals surface area contributed by atoms with E-state index in [9.17, 15) is 9.18 Å². The molecule has 0 atom stereocenters. The minimum Gasteiger partial charge on any atom is -0.322 e. The summed E-state index contributed by atoms with van der Waals surface area (Å²) in [6.45, 7) is 0. The van der Waals surface area contributed by atoms with Crippen molar-refractivity contribution in [3.63, 3.8) is 0 Å². The zero-order chi connectivity index (χ0) is 13.1. The van der Waals surface area contributed by atoms with Gasteiger partial charge >= 0.3 is 0 Å². The standard InChI is InChI=1S/C13H8BrFINO/c14-11-6-2-5-10(12(11)15)13(18)17-9-4-1-3-8(16)7-9/h1-7H,(H,17,18). The molecule has 92 valence electrons. The summed E-state index contributed by atoms with van der Waals surface area (Å²) in [5, 5.41) is 2.66. The molecule has 0 radical (unpaired) electrons. The molecule has 2 rings (SSSR count). The Kier molecular flexibility index (Phi) is 4.34. The molecule has 0 saturated heterocycles. The molecule has 0 aromatic heterocycles. The van der Waals surface area contributed by atoms with E-state index in [2.05, 4.69) is 43.8 Å². The summed E-state index contributed by atoms with van der Waals surface area (Å²) in [6.07, 6.45) is 0. The molecule has 0 spiro atoms. The van der Waals surface area contributed by atoms with E-state index in [1.165, 1.54) is 6.07 Å². The lowest BCUT2D eigenvalue weighted by Crippen LogP contribution is -2.14. The van der Waals surface area contributed by atoms with Crippen LogP contribution < -0.4 is 5.32 Å². The second-order valence-electron chi connectivity index (χ2n) is 3.57. The Hall–Kier alpha value is -0.950. The lowest BCUT2D eigenvalue weighted by molar-refractivity contribution is 0.102. The number of carbonyl (C=O) groups excluding carboxylic acids is 1. The van der Waals surface area contributed by atoms with Crippen LogP contribution in [0.2, 0.25) is 0 Å². The van der Waals surface area contributed by atoms with Gasteiger partial charge in [-0.05, 0) is 68.9 Å². The third kappa shape index (κ3) is 3.08. The molecule has 0 bridgehead atoms. The van der Waals surface area contributed by atoms with Crippen LogP contribution in [0.5, 0.6) is 0 Å². The highest BCUT2D eigenvalue weighted by Crippen LogP contribution is 2.20. The predicted molar refractivity (Wildman–Crippen MR) is 81.2 cm³/mol. The highest BCUT2D eigenvalue weighted by Gasteiger charge is 2.13. The minimum atomic E-state index is -0.555. The van der Waals surface area contributed by atoms with Crippen LogP contribution >= 0.6 is 38.5 Å². The van der Waals surface area contributed by atoms with E-state index in [0.29, 0.717) is 5.69 Å². The van der Waals surface area contributed by atoms with Crippen molar-refractivity contribution < 1.29 is 9.18 Å². The van der Waals surface area contributed by atoms with E-state index in [4.69, 9.17) is 0 Å². The maximum absolute atomic E-state index is 13.7. The highest BCUT2D eigenvalue weighted by atomic mass is 127. The number of amides is 1. The van der Waals surface area contributed by atoms with Gasteiger partial charge in [0.2, 0.25) is 0 Å². The molecule has 0 heterocycles. The van der Waals surface area contributed by atoms with E-state index >= 15 is 0 Å². The first-order chi connectivity index (χ1) is 8.58. The SMILES string of the molecule is O=C(Nc1cccc(I)c1)c1cccc(Br)c1F. The van der Waals surface area contributed by atoms with Crippen LogP contribution in [0, 0.1) is 9.39 Å². The average Bonchev–Trinajstić information content (AvgIpc) is 2.32. The molecule has 2 aromatic carbocycles. The van der Waals surface area contributed by atoms with Crippen LogP contribution in [0.3, 0.4) is 0 Å². The van der Waals surface area contributed by atoms with Crippen molar-refractivity contribution >= 4 is 50.1 Å². The van der Waals surface area contributed by atoms with E-state index in [1.807, 2.05) is 18.2 Å². The van der Waals surface area contributed by atoms with Crippen LogP contribution in [-0.2, 0) is 0 Å². The molecule has 2 aromatic rings. The monoisotopic (exact) mass is 419 g/mol. The summed E-state index contributed by atoms with van der Waals surface area (Å²) in [4.78, 5) is 11.9. The van der Waals surface area contributed by atoms with Crippen molar-refractivity contribution in [3.05, 3.63) is 61.9 Å². The number of rotatable bonds is 2. The second kappa shape index (κ2) is 5.79. The normalized spacial score (nSPS) is 10.2. The molecule has 1 amide bonds. The lowest BCUT2D eigenvalue weighted by atomic mass is 10.2. The number of carbonyl (C=O) groups is 1. The minimum absolute atomic E-state index is 0.0169. The maximum atomic E-state index is 13.7. The van der Waals surface area contributed by atoms with Gasteiger partial charge in [-0.15, -0.1) is 0 Å². The molecule has 0 fully saturated rings. The van der Waals surface area contributed by atoms with Gasteiger partial charge in [0.15, 0.2) is 0 Å². The number of hydrogen-bond acceptors (Lipinski definition) is 1. The van der Waals surface area contributed by atoms with E-state index < -0.39 is 11.7 Å². The second-order valence-corrected chi connectivity index (χ2v) is 5.67. The van der Waals surface area contributed by atoms with Crippen LogP contribution in [0.4, 0.5) is 10.1 Å². The Balaban J connectivity index is 2.25. The van der Waals surface area contributed by atoms with Crippen molar-refractivity contribution in [2.45, 2.75) is 0 Å². The molecule has 0 unspecified atom stereocenters. The van der Waals surface area contributed by atoms with Crippen LogP contribution in [0.15, 0.2) is 46.9 Å². The number of hydrogen-bond donors (Lipinski definition) is 1. The molecule has 1 N–H and O–H groups in total. The van der Waals surface area contributed by atoms with Crippen molar-refractivity contribution in [2.24, 2.45) is 0 Å². The van der Waals surface area contributed by atoms with Gasteiger partial charge in [0.1, 0.15) is 5.82 Å². The van der Waals surface area contributed by atoms with Crippen LogP contribution in [0.1, 0.15) is 10.4 Å². The fourth-order valence-corrected chi connectivity index (χ4v) is 2.35. The molecule has 0 aliphatic heterocycles. The first kappa shape index (κ1) is 13.5. The van der Waals surface area contributed by atoms with Gasteiger partial charge in [-0.1, -0.05) is 12.1 Å². The van der Waals surface area contributed by atoms with E-state index in [-0.39, 0.29) is 10.0 Å². The number of nitrogens with one attached hydrogen (secondary N) is 1. The van der Waals surface area contributed by atoms with Gasteiger partial charge in [-0.3, -0.25) is 4.79 Å². The molecule has 5 heteroatoms. The molecular weight excluding hydrogens is 412 g/mol. The fourth-order valence-electron chi connectivity index (χ4n) is 1.44. The molecular formula is C13H8BrFINO. The molecule has 0 aliphatic rings. The van der Waals surface area contributed by atoms with E-state index in [1.54, 1.807) is 18.2 Å². The van der Waals surface area contributed by atoms with Gasteiger partial charge in [0.25, 0.3) is 5.91 Å². The predicted octanol–water partition coefficient (Wildman–Crippen LogP) is 4.45. The largest absolute Gasteiger partial charge is 0.322 e. The van der Waals surface area contributed by atoms with Crippen molar-refractivity contribution in [1.82, 2.24) is 0 Å². The lowest BCUT2D eigenvalue weighted by Gasteiger charge is -2.07. The Morgan fingerprint density at radius 1 is 1.22 bits per heavy atom. The van der Waals surface area contributed by atoms with Gasteiger partial charge in [-0.25, -0.2) is 4.39 Å². The number of halogens is 3. The van der Waals surface area contributed by atoms with Gasteiger partial charge < -0.3 is 5.32 Å². The highest BCUT2D eigenvalue weighted by molar-refractivity contribution is 14.1. The zero-order valence-corrected chi connectivity index (χ0v) is 12.8. The fraction of sp³-hybridized carbons (Fsp3) is 0. The van der Waals surface area contributed by atoms with Crippen LogP contribution in [0.25, 0.3) is 0 Å². The van der Waals surface area contributed by atoms with Crippen molar-refractivity contribution in [3.8, 4) is 0 Å². The molecule has 0 aliphatic carbocycles. The van der Waals surface area contributed by atoms with Gasteiger partial charge in [0.05, 0.1) is 10.0 Å². The van der Waals surface area contributed by atoms with Crippen molar-refractivity contribution in [2.75, 3.05) is 5.32 Å². The summed E-state index contributed by atoms with van der Waals surface area (Å²) < 4.78 is 15.0. The Morgan fingerprint density at radius 3 is 2.67 bits per heavy atom. The summed E-state index contributed by atoms with van der Waals surface area (Å²) >= 11 is 5.20. The quantitative estimate of drug-likeness (QED) is 0.716. The summed E-state index contributed by atoms with van der Waals surface area (Å²) in [5.41, 5.74) is 0.662. The summed E-state index contributed by atoms with van der Waals surface area (Å²) in [7, 11) is 0. The first-order valence-corrected chi connectivity index (χ1v) is 6.96. The summed E-state index contributed by atoms with van der Waals surface area (Å²) in [6, 6.07) is 11.9. The molecule has 2 nitrogen and oxygen atoms in total. The topological polar surface area (TPSA) is 29.1 Å². The zero-order valence-electron chi connectivity index (χ0n) is 9.08. The van der Waals surface area contributed by atoms with Crippen LogP contribution in [-0.4, -0.2) is 5.91 Å². The average molecular weight is 420 g/mol. The maximum Gasteiger partial charge on any atom is 0.258 e. The Morgan fingerprint density at radius 2 is 1.94 bits per heavy atom. The van der Waals surface area contributed by atoms with E-state index in [0.717, 1.165) is 3.57 Å². The molecule has 18 heavy (non-hydrogen) atoms.